The first-order chi connectivity index (χ1) is 32.1. The molecule has 378 valence electrons. The Hall–Kier alpha value is -6.30. The van der Waals surface area contributed by atoms with E-state index in [4.69, 9.17) is 21.9 Å². The average Bonchev–Trinajstić information content (AvgIpc) is 3.27. The van der Waals surface area contributed by atoms with Crippen LogP contribution in [-0.2, 0) is 63.9 Å². The first-order valence-electron chi connectivity index (χ1n) is 22.5. The van der Waals surface area contributed by atoms with Crippen LogP contribution in [0.4, 0.5) is 0 Å². The van der Waals surface area contributed by atoms with E-state index in [2.05, 4.69) is 37.2 Å². The Morgan fingerprint density at radius 1 is 0.809 bits per heavy atom. The Labute approximate surface area is 400 Å². The zero-order chi connectivity index (χ0) is 50.9. The third kappa shape index (κ3) is 21.6. The summed E-state index contributed by atoms with van der Waals surface area (Å²) in [7, 11) is 1.36. The number of carbonyl (C=O) groups is 11. The molecule has 0 spiro atoms. The number of hydrogen-bond donors (Lipinski definition) is 10. The smallest absolute Gasteiger partial charge is 0.245 e. The number of nitrogens with two attached hydrogens (primary N) is 3. The molecule has 1 saturated heterocycles. The summed E-state index contributed by atoms with van der Waals surface area (Å²) in [6.07, 6.45) is -1.15. The molecule has 1 fully saturated rings. The SMILES string of the molecule is CC[C@H](C)[C@@H]1NC(=O)[C@H](Cc2ccccc2)NC(=O)CCSCC[C@@H](C(=O)N(CCOC)CC(=O)N[C@@H](CC(C)C)C(=O)NCC(N)=O)NC(=O)[C@H](CC(N)=O)NC(=O)[C@H](CCC(N)=O)NC1=O. The van der Waals surface area contributed by atoms with E-state index in [9.17, 15) is 52.7 Å². The number of amides is 11. The molecule has 1 aliphatic rings. The summed E-state index contributed by atoms with van der Waals surface area (Å²) in [6.45, 7) is 5.72. The fraction of sp³-hybridized carbons (Fsp3) is 0.614. The number of nitrogens with one attached hydrogen (secondary N) is 7. The Bertz CT molecular complexity index is 1920. The Morgan fingerprint density at radius 2 is 1.46 bits per heavy atom. The summed E-state index contributed by atoms with van der Waals surface area (Å²) in [4.78, 5) is 147. The second kappa shape index (κ2) is 30.2. The minimum absolute atomic E-state index is 0.0628. The van der Waals surface area contributed by atoms with E-state index >= 15 is 0 Å². The van der Waals surface area contributed by atoms with Crippen LogP contribution in [0.5, 0.6) is 0 Å². The lowest BCUT2D eigenvalue weighted by Gasteiger charge is -2.30. The minimum atomic E-state index is -1.74. The van der Waals surface area contributed by atoms with Gasteiger partial charge in [-0.15, -0.1) is 0 Å². The van der Waals surface area contributed by atoms with Crippen molar-refractivity contribution < 1.29 is 57.5 Å². The molecule has 1 heterocycles. The fourth-order valence-electron chi connectivity index (χ4n) is 6.88. The van der Waals surface area contributed by atoms with Crippen molar-refractivity contribution in [1.82, 2.24) is 42.1 Å². The van der Waals surface area contributed by atoms with E-state index in [1.807, 2.05) is 0 Å². The Kier molecular flexibility index (Phi) is 25.6. The van der Waals surface area contributed by atoms with Crippen LogP contribution < -0.4 is 54.4 Å². The molecular formula is C44H69N11O12S. The molecular weight excluding hydrogens is 907 g/mol. The summed E-state index contributed by atoms with van der Waals surface area (Å²) < 4.78 is 5.20. The molecule has 13 N–H and O–H groups in total. The number of carbonyl (C=O) groups excluding carboxylic acids is 11. The second-order valence-corrected chi connectivity index (χ2v) is 18.1. The molecule has 2 rings (SSSR count). The number of hydrogen-bond acceptors (Lipinski definition) is 13. The van der Waals surface area contributed by atoms with Gasteiger partial charge in [0.1, 0.15) is 36.3 Å². The van der Waals surface area contributed by atoms with Crippen molar-refractivity contribution in [3.8, 4) is 0 Å². The van der Waals surface area contributed by atoms with E-state index in [0.29, 0.717) is 12.0 Å². The Balaban J connectivity index is 2.62. The van der Waals surface area contributed by atoms with E-state index in [0.717, 1.165) is 4.90 Å². The maximum Gasteiger partial charge on any atom is 0.245 e. The quantitative estimate of drug-likeness (QED) is 0.0587. The van der Waals surface area contributed by atoms with Crippen LogP contribution in [0.25, 0.3) is 0 Å². The van der Waals surface area contributed by atoms with Crippen LogP contribution in [0.1, 0.15) is 78.2 Å². The van der Waals surface area contributed by atoms with Gasteiger partial charge in [-0.3, -0.25) is 52.7 Å². The molecule has 0 radical (unpaired) electrons. The molecule has 0 aliphatic carbocycles. The highest BCUT2D eigenvalue weighted by atomic mass is 32.2. The topological polar surface area (TPSA) is 363 Å². The van der Waals surface area contributed by atoms with Gasteiger partial charge >= 0.3 is 0 Å². The maximum absolute atomic E-state index is 14.4. The summed E-state index contributed by atoms with van der Waals surface area (Å²) in [5, 5.41) is 18.0. The lowest BCUT2D eigenvalue weighted by atomic mass is 9.96. The highest BCUT2D eigenvalue weighted by Gasteiger charge is 2.36. The van der Waals surface area contributed by atoms with Gasteiger partial charge in [-0.2, -0.15) is 11.8 Å². The third-order valence-corrected chi connectivity index (χ3v) is 11.7. The zero-order valence-electron chi connectivity index (χ0n) is 39.4. The molecule has 0 unspecified atom stereocenters. The van der Waals surface area contributed by atoms with Gasteiger partial charge in [-0.05, 0) is 42.4 Å². The fourth-order valence-corrected chi connectivity index (χ4v) is 7.82. The monoisotopic (exact) mass is 975 g/mol. The lowest BCUT2D eigenvalue weighted by molar-refractivity contribution is -0.141. The standard InChI is InChI=1S/C44H69N11O12S/c1-6-26(4)38-43(65)51-28(12-13-33(45)56)40(62)53-32(22-34(46)57)41(63)52-29(14-18-68-19-15-36(59)49-31(42(64)54-38)21-27-10-8-7-9-11-27)44(66)55(16-17-67-5)24-37(60)50-30(20-25(2)3)39(61)48-23-35(47)58/h7-11,25-26,28-32,38H,6,12-24H2,1-5H3,(H2,45,56)(H2,46,57)(H2,47,58)(H,48,61)(H,49,59)(H,50,60)(H,51,65)(H,52,63)(H,53,62)(H,54,64)/t26-,28-,29-,30-,31-,32-,38-/m0/s1. The molecule has 0 bridgehead atoms. The summed E-state index contributed by atoms with van der Waals surface area (Å²) >= 11 is 1.23. The van der Waals surface area contributed by atoms with Gasteiger partial charge in [0.2, 0.25) is 65.0 Å². The molecule has 0 aromatic heterocycles. The number of methoxy groups -OCH3 is 1. The first kappa shape index (κ1) is 57.8. The molecule has 1 aromatic carbocycles. The largest absolute Gasteiger partial charge is 0.383 e. The van der Waals surface area contributed by atoms with Gasteiger partial charge in [0.15, 0.2) is 0 Å². The highest BCUT2D eigenvalue weighted by Crippen LogP contribution is 2.15. The number of benzene rings is 1. The van der Waals surface area contributed by atoms with Gasteiger partial charge in [-0.1, -0.05) is 64.4 Å². The van der Waals surface area contributed by atoms with Gasteiger partial charge in [0.05, 0.1) is 26.1 Å². The van der Waals surface area contributed by atoms with Crippen LogP contribution in [0.2, 0.25) is 0 Å². The summed E-state index contributed by atoms with van der Waals surface area (Å²) in [5.41, 5.74) is 16.8. The van der Waals surface area contributed by atoms with Crippen LogP contribution >= 0.6 is 11.8 Å². The number of thioether (sulfide) groups is 1. The number of primary amides is 3. The molecule has 68 heavy (non-hydrogen) atoms. The number of nitrogens with zero attached hydrogens (tertiary/aromatic N) is 1. The molecule has 11 amide bonds. The van der Waals surface area contributed by atoms with Crippen molar-refractivity contribution in [1.29, 1.82) is 0 Å². The second-order valence-electron chi connectivity index (χ2n) is 16.9. The zero-order valence-corrected chi connectivity index (χ0v) is 40.2. The van der Waals surface area contributed by atoms with Gasteiger partial charge in [0.25, 0.3) is 0 Å². The summed E-state index contributed by atoms with van der Waals surface area (Å²) in [6, 6.07) is 0.641. The van der Waals surface area contributed by atoms with Crippen LogP contribution in [0, 0.1) is 11.8 Å². The van der Waals surface area contributed by atoms with Crippen LogP contribution in [0.15, 0.2) is 30.3 Å². The van der Waals surface area contributed by atoms with Crippen molar-refractivity contribution >= 4 is 76.7 Å². The molecule has 1 aliphatic heterocycles. The number of ether oxygens (including phenoxy) is 1. The van der Waals surface area contributed by atoms with E-state index in [1.54, 1.807) is 58.0 Å². The Morgan fingerprint density at radius 3 is 2.06 bits per heavy atom. The molecule has 1 aromatic rings. The number of rotatable bonds is 21. The van der Waals surface area contributed by atoms with Crippen molar-refractivity contribution in [2.45, 2.75) is 115 Å². The van der Waals surface area contributed by atoms with E-state index < -0.39 is 133 Å². The molecule has 0 saturated carbocycles. The van der Waals surface area contributed by atoms with Gasteiger partial charge in [0, 0.05) is 38.7 Å². The maximum atomic E-state index is 14.4. The van der Waals surface area contributed by atoms with E-state index in [1.165, 1.54) is 18.9 Å². The molecule has 23 nitrogen and oxygen atoms in total. The highest BCUT2D eigenvalue weighted by molar-refractivity contribution is 7.99. The van der Waals surface area contributed by atoms with Crippen molar-refractivity contribution in [3.63, 3.8) is 0 Å². The summed E-state index contributed by atoms with van der Waals surface area (Å²) in [5.74, 6) is -9.31. The van der Waals surface area contributed by atoms with E-state index in [-0.39, 0.29) is 62.7 Å². The van der Waals surface area contributed by atoms with Crippen LogP contribution in [0.3, 0.4) is 0 Å². The average molecular weight is 976 g/mol. The molecule has 24 heteroatoms. The lowest BCUT2D eigenvalue weighted by Crippen LogP contribution is -2.61. The van der Waals surface area contributed by atoms with Crippen molar-refractivity contribution in [3.05, 3.63) is 35.9 Å². The van der Waals surface area contributed by atoms with Gasteiger partial charge < -0.3 is 64.1 Å². The predicted octanol–water partition coefficient (Wildman–Crippen LogP) is -3.03. The normalized spacial score (nSPS) is 21.0. The van der Waals surface area contributed by atoms with Gasteiger partial charge in [-0.25, -0.2) is 0 Å². The predicted molar refractivity (Wildman–Crippen MR) is 250 cm³/mol. The van der Waals surface area contributed by atoms with Crippen LogP contribution in [-0.4, -0.2) is 151 Å². The van der Waals surface area contributed by atoms with Crippen molar-refractivity contribution in [2.24, 2.45) is 29.0 Å². The third-order valence-electron chi connectivity index (χ3n) is 10.7. The van der Waals surface area contributed by atoms with Crippen molar-refractivity contribution in [2.75, 3.05) is 44.9 Å². The molecule has 7 atom stereocenters. The first-order valence-corrected chi connectivity index (χ1v) is 23.6. The minimum Gasteiger partial charge on any atom is -0.383 e.